The third kappa shape index (κ3) is 3.53. The van der Waals surface area contributed by atoms with E-state index in [4.69, 9.17) is 23.2 Å². The number of aromatic hydroxyl groups is 1. The smallest absolute Gasteiger partial charge is 0.323 e. The van der Waals surface area contributed by atoms with Crippen molar-refractivity contribution >= 4 is 50.4 Å². The monoisotopic (exact) mass is 400 g/mol. The van der Waals surface area contributed by atoms with Crippen LogP contribution in [0.15, 0.2) is 35.2 Å². The molecule has 0 atom stereocenters. The van der Waals surface area contributed by atoms with E-state index in [0.29, 0.717) is 18.4 Å². The molecule has 0 aromatic heterocycles. The molecule has 0 unspecified atom stereocenters. The number of carbonyl (C=O) groups excluding carboxylic acids is 1. The molecule has 0 bridgehead atoms. The summed E-state index contributed by atoms with van der Waals surface area (Å²) in [6.45, 7) is 0. The van der Waals surface area contributed by atoms with Crippen LogP contribution in [0.2, 0.25) is 10.0 Å². The number of anilines is 2. The van der Waals surface area contributed by atoms with Gasteiger partial charge in [0, 0.05) is 0 Å². The summed E-state index contributed by atoms with van der Waals surface area (Å²) in [5, 5.41) is 15.7. The summed E-state index contributed by atoms with van der Waals surface area (Å²) >= 11 is 11.9. The molecule has 2 amide bonds. The van der Waals surface area contributed by atoms with Gasteiger partial charge in [0.25, 0.3) is 0 Å². The summed E-state index contributed by atoms with van der Waals surface area (Å²) in [6.07, 6.45) is 1.07. The zero-order chi connectivity index (χ0) is 18.2. The Kier molecular flexibility index (Phi) is 4.81. The Bertz CT molecular complexity index is 961. The maximum absolute atomic E-state index is 12.2. The first-order valence-corrected chi connectivity index (χ1v) is 9.80. The van der Waals surface area contributed by atoms with E-state index < -0.39 is 21.6 Å². The standard InChI is InChI=1S/C16H14Cl2N2O4S/c17-10-4-1-5-11(13(10)18)19-16(22)20-12-7-6-9-3-2-8-25(23,24)15(9)14(12)21/h1,4-7,21H,2-3,8H2,(H2,19,20,22). The topological polar surface area (TPSA) is 95.5 Å². The second-order valence-corrected chi connectivity index (χ2v) is 8.38. The van der Waals surface area contributed by atoms with E-state index in [2.05, 4.69) is 10.6 Å². The van der Waals surface area contributed by atoms with Crippen molar-refractivity contribution < 1.29 is 18.3 Å². The molecule has 0 saturated carbocycles. The lowest BCUT2D eigenvalue weighted by Crippen LogP contribution is -2.21. The van der Waals surface area contributed by atoms with Crippen molar-refractivity contribution in [2.75, 3.05) is 16.4 Å². The van der Waals surface area contributed by atoms with E-state index in [1.807, 2.05) is 0 Å². The third-order valence-electron chi connectivity index (χ3n) is 3.83. The quantitative estimate of drug-likeness (QED) is 0.662. The molecule has 1 heterocycles. The minimum atomic E-state index is -3.56. The predicted octanol–water partition coefficient (Wildman–Crippen LogP) is 4.06. The van der Waals surface area contributed by atoms with Crippen molar-refractivity contribution in [3.63, 3.8) is 0 Å². The lowest BCUT2D eigenvalue weighted by Gasteiger charge is -2.19. The Morgan fingerprint density at radius 3 is 2.56 bits per heavy atom. The zero-order valence-corrected chi connectivity index (χ0v) is 15.2. The van der Waals surface area contributed by atoms with Gasteiger partial charge in [-0.2, -0.15) is 0 Å². The summed E-state index contributed by atoms with van der Waals surface area (Å²) in [4.78, 5) is 12.0. The molecule has 2 aromatic rings. The van der Waals surface area contributed by atoms with E-state index >= 15 is 0 Å². The maximum atomic E-state index is 12.2. The average molecular weight is 401 g/mol. The van der Waals surface area contributed by atoms with Crippen LogP contribution in [-0.4, -0.2) is 25.3 Å². The molecule has 2 aromatic carbocycles. The van der Waals surface area contributed by atoms with Gasteiger partial charge >= 0.3 is 6.03 Å². The van der Waals surface area contributed by atoms with Crippen molar-refractivity contribution in [2.24, 2.45) is 0 Å². The van der Waals surface area contributed by atoms with Crippen LogP contribution in [-0.2, 0) is 16.3 Å². The van der Waals surface area contributed by atoms with Crippen molar-refractivity contribution in [1.82, 2.24) is 0 Å². The molecule has 0 fully saturated rings. The number of halogens is 2. The number of phenolic OH excluding ortho intramolecular Hbond substituents is 1. The number of rotatable bonds is 2. The molecule has 1 aliphatic rings. The molecule has 1 aliphatic heterocycles. The second kappa shape index (κ2) is 6.74. The fourth-order valence-electron chi connectivity index (χ4n) is 2.69. The van der Waals surface area contributed by atoms with Crippen molar-refractivity contribution in [1.29, 1.82) is 0 Å². The largest absolute Gasteiger partial charge is 0.504 e. The Balaban J connectivity index is 1.86. The number of aryl methyl sites for hydroxylation is 1. The lowest BCUT2D eigenvalue weighted by atomic mass is 10.1. The van der Waals surface area contributed by atoms with Crippen molar-refractivity contribution in [3.05, 3.63) is 45.9 Å². The average Bonchev–Trinajstić information content (AvgIpc) is 2.54. The molecule has 3 N–H and O–H groups in total. The Morgan fingerprint density at radius 2 is 1.80 bits per heavy atom. The Morgan fingerprint density at radius 1 is 1.08 bits per heavy atom. The maximum Gasteiger partial charge on any atom is 0.323 e. The molecular weight excluding hydrogens is 387 g/mol. The molecule has 9 heteroatoms. The number of hydrogen-bond donors (Lipinski definition) is 3. The molecule has 0 aliphatic carbocycles. The van der Waals surface area contributed by atoms with Crippen LogP contribution in [0, 0.1) is 0 Å². The number of fused-ring (bicyclic) bond motifs is 1. The number of carbonyl (C=O) groups is 1. The molecule has 0 radical (unpaired) electrons. The number of hydrogen-bond acceptors (Lipinski definition) is 4. The number of sulfone groups is 1. The van der Waals surface area contributed by atoms with Gasteiger partial charge in [0.2, 0.25) is 0 Å². The van der Waals surface area contributed by atoms with E-state index in [0.717, 1.165) is 0 Å². The molecule has 132 valence electrons. The highest BCUT2D eigenvalue weighted by Crippen LogP contribution is 2.38. The molecule has 0 saturated heterocycles. The van der Waals surface area contributed by atoms with E-state index in [1.54, 1.807) is 24.3 Å². The fourth-order valence-corrected chi connectivity index (χ4v) is 4.74. The van der Waals surface area contributed by atoms with Crippen molar-refractivity contribution in [3.8, 4) is 5.75 Å². The first kappa shape index (κ1) is 17.8. The summed E-state index contributed by atoms with van der Waals surface area (Å²) < 4.78 is 24.4. The van der Waals surface area contributed by atoms with E-state index in [-0.39, 0.29) is 32.1 Å². The first-order chi connectivity index (χ1) is 11.8. The van der Waals surface area contributed by atoms with Gasteiger partial charge in [-0.1, -0.05) is 35.3 Å². The van der Waals surface area contributed by atoms with E-state index in [1.165, 1.54) is 6.07 Å². The number of benzene rings is 2. The summed E-state index contributed by atoms with van der Waals surface area (Å²) in [6, 6.07) is 7.12. The van der Waals surface area contributed by atoms with Crippen LogP contribution in [0.3, 0.4) is 0 Å². The number of phenols is 1. The molecule has 3 rings (SSSR count). The summed E-state index contributed by atoms with van der Waals surface area (Å²) in [5.74, 6) is -0.481. The van der Waals surface area contributed by atoms with Gasteiger partial charge in [-0.05, 0) is 36.6 Å². The first-order valence-electron chi connectivity index (χ1n) is 7.39. The van der Waals surface area contributed by atoms with Crippen LogP contribution in [0.25, 0.3) is 0 Å². The second-order valence-electron chi connectivity index (χ2n) is 5.55. The van der Waals surface area contributed by atoms with Crippen LogP contribution in [0.1, 0.15) is 12.0 Å². The van der Waals surface area contributed by atoms with Gasteiger partial charge in [-0.15, -0.1) is 0 Å². The molecule has 6 nitrogen and oxygen atoms in total. The van der Waals surface area contributed by atoms with Gasteiger partial charge in [-0.3, -0.25) is 0 Å². The zero-order valence-electron chi connectivity index (χ0n) is 12.8. The highest BCUT2D eigenvalue weighted by molar-refractivity contribution is 7.91. The van der Waals surface area contributed by atoms with E-state index in [9.17, 15) is 18.3 Å². The van der Waals surface area contributed by atoms with Crippen LogP contribution >= 0.6 is 23.2 Å². The molecule has 25 heavy (non-hydrogen) atoms. The predicted molar refractivity (Wildman–Crippen MR) is 97.6 cm³/mol. The van der Waals surface area contributed by atoms with Crippen LogP contribution in [0.5, 0.6) is 5.75 Å². The van der Waals surface area contributed by atoms with Crippen LogP contribution in [0.4, 0.5) is 16.2 Å². The molecular formula is C16H14Cl2N2O4S. The number of amides is 2. The SMILES string of the molecule is O=C(Nc1ccc2c(c1O)S(=O)(=O)CCC2)Nc1cccc(Cl)c1Cl. The minimum Gasteiger partial charge on any atom is -0.504 e. The lowest BCUT2D eigenvalue weighted by molar-refractivity contribution is 0.262. The summed E-state index contributed by atoms with van der Waals surface area (Å²) in [7, 11) is -3.56. The van der Waals surface area contributed by atoms with Gasteiger partial charge in [-0.25, -0.2) is 13.2 Å². The highest BCUT2D eigenvalue weighted by atomic mass is 35.5. The fraction of sp³-hybridized carbons (Fsp3) is 0.188. The van der Waals surface area contributed by atoms with Gasteiger partial charge in [0.1, 0.15) is 4.90 Å². The van der Waals surface area contributed by atoms with Crippen molar-refractivity contribution in [2.45, 2.75) is 17.7 Å². The Hall–Kier alpha value is -1.96. The Labute approximate surface area is 154 Å². The van der Waals surface area contributed by atoms with Gasteiger partial charge in [0.05, 0.1) is 27.2 Å². The molecule has 0 spiro atoms. The van der Waals surface area contributed by atoms with Crippen LogP contribution < -0.4 is 10.6 Å². The van der Waals surface area contributed by atoms with Gasteiger partial charge < -0.3 is 15.7 Å². The minimum absolute atomic E-state index is 0.000115. The highest BCUT2D eigenvalue weighted by Gasteiger charge is 2.29. The normalized spacial score (nSPS) is 15.3. The van der Waals surface area contributed by atoms with Gasteiger partial charge in [0.15, 0.2) is 15.6 Å². The number of urea groups is 1. The summed E-state index contributed by atoms with van der Waals surface area (Å²) in [5.41, 5.74) is 0.837. The third-order valence-corrected chi connectivity index (χ3v) is 6.55. The number of nitrogens with one attached hydrogen (secondary N) is 2.